The van der Waals surface area contributed by atoms with Crippen LogP contribution >= 0.6 is 11.3 Å². The van der Waals surface area contributed by atoms with E-state index in [2.05, 4.69) is 42.3 Å². The summed E-state index contributed by atoms with van der Waals surface area (Å²) in [5, 5.41) is 6.97. The molecule has 3 nitrogen and oxygen atoms in total. The average molecular weight is 302 g/mol. The highest BCUT2D eigenvalue weighted by atomic mass is 32.1. The molecule has 2 unspecified atom stereocenters. The fourth-order valence-corrected chi connectivity index (χ4v) is 3.56. The van der Waals surface area contributed by atoms with Crippen LogP contribution in [0.15, 0.2) is 29.8 Å². The van der Waals surface area contributed by atoms with Crippen molar-refractivity contribution in [2.45, 2.75) is 38.6 Å². The molecular formula is C17H22N2OS. The summed E-state index contributed by atoms with van der Waals surface area (Å²) in [5.74, 6) is 1.52. The highest BCUT2D eigenvalue weighted by Gasteiger charge is 2.21. The van der Waals surface area contributed by atoms with Gasteiger partial charge in [-0.25, -0.2) is 4.98 Å². The molecule has 0 saturated heterocycles. The maximum absolute atomic E-state index is 5.94. The van der Waals surface area contributed by atoms with E-state index < -0.39 is 0 Å². The van der Waals surface area contributed by atoms with E-state index in [0.717, 1.165) is 31.7 Å². The van der Waals surface area contributed by atoms with Crippen molar-refractivity contribution < 1.29 is 4.74 Å². The summed E-state index contributed by atoms with van der Waals surface area (Å²) in [6, 6.07) is 6.82. The maximum Gasteiger partial charge on any atom is 0.126 e. The summed E-state index contributed by atoms with van der Waals surface area (Å²) in [6.07, 6.45) is 4.10. The Bertz CT molecular complexity index is 582. The smallest absolute Gasteiger partial charge is 0.126 e. The molecule has 0 aliphatic carbocycles. The van der Waals surface area contributed by atoms with Crippen molar-refractivity contribution >= 4 is 11.3 Å². The molecule has 2 heterocycles. The zero-order valence-electron chi connectivity index (χ0n) is 12.6. The van der Waals surface area contributed by atoms with E-state index in [9.17, 15) is 0 Å². The average Bonchev–Trinajstić information content (AvgIpc) is 2.94. The third-order valence-corrected chi connectivity index (χ3v) is 5.05. The number of hydrogen-bond acceptors (Lipinski definition) is 4. The molecule has 3 rings (SSSR count). The first-order valence-electron chi connectivity index (χ1n) is 7.61. The molecule has 4 heteroatoms. The Hall–Kier alpha value is -1.39. The monoisotopic (exact) mass is 302 g/mol. The lowest BCUT2D eigenvalue weighted by Gasteiger charge is -2.21. The third-order valence-electron chi connectivity index (χ3n) is 4.04. The van der Waals surface area contributed by atoms with Crippen molar-refractivity contribution in [2.75, 3.05) is 13.2 Å². The van der Waals surface area contributed by atoms with E-state index >= 15 is 0 Å². The van der Waals surface area contributed by atoms with E-state index in [0.29, 0.717) is 12.0 Å². The van der Waals surface area contributed by atoms with Gasteiger partial charge in [-0.2, -0.15) is 0 Å². The standard InChI is InChI=1S/C17H22N2OS/c1-12-5-3-6-14-15(7-4-9-20-16(12)14)19-11-13(2)17-18-8-10-21-17/h3,5-6,8,10,13,15,19H,4,7,9,11H2,1-2H3. The molecule has 0 bridgehead atoms. The number of para-hydroxylation sites is 1. The molecule has 0 spiro atoms. The number of rotatable bonds is 4. The minimum Gasteiger partial charge on any atom is -0.493 e. The first-order valence-corrected chi connectivity index (χ1v) is 8.48. The molecule has 112 valence electrons. The Labute approximate surface area is 130 Å². The molecule has 1 aliphatic heterocycles. The summed E-state index contributed by atoms with van der Waals surface area (Å²) in [5.41, 5.74) is 2.54. The number of nitrogens with zero attached hydrogens (tertiary/aromatic N) is 1. The quantitative estimate of drug-likeness (QED) is 0.925. The van der Waals surface area contributed by atoms with Crippen LogP contribution in [0.3, 0.4) is 0 Å². The zero-order valence-corrected chi connectivity index (χ0v) is 13.5. The number of aromatic nitrogens is 1. The van der Waals surface area contributed by atoms with E-state index in [4.69, 9.17) is 4.74 Å². The van der Waals surface area contributed by atoms with Gasteiger partial charge in [-0.15, -0.1) is 11.3 Å². The van der Waals surface area contributed by atoms with Gasteiger partial charge in [0, 0.05) is 35.6 Å². The number of aryl methyl sites for hydroxylation is 1. The molecule has 1 aromatic carbocycles. The molecule has 2 atom stereocenters. The lowest BCUT2D eigenvalue weighted by molar-refractivity contribution is 0.313. The first kappa shape index (κ1) is 14.5. The highest BCUT2D eigenvalue weighted by molar-refractivity contribution is 7.09. The molecule has 1 aliphatic rings. The summed E-state index contributed by atoms with van der Waals surface area (Å²) < 4.78 is 5.94. The van der Waals surface area contributed by atoms with Crippen molar-refractivity contribution in [3.63, 3.8) is 0 Å². The molecular weight excluding hydrogens is 280 g/mol. The van der Waals surface area contributed by atoms with E-state index in [1.165, 1.54) is 16.1 Å². The SMILES string of the molecule is Cc1cccc2c1OCCCC2NCC(C)c1nccs1. The third kappa shape index (κ3) is 3.27. The van der Waals surface area contributed by atoms with Gasteiger partial charge in [0.05, 0.1) is 11.6 Å². The minimum atomic E-state index is 0.379. The first-order chi connectivity index (χ1) is 10.3. The lowest BCUT2D eigenvalue weighted by atomic mass is 9.99. The van der Waals surface area contributed by atoms with Gasteiger partial charge >= 0.3 is 0 Å². The number of hydrogen-bond donors (Lipinski definition) is 1. The maximum atomic E-state index is 5.94. The molecule has 21 heavy (non-hydrogen) atoms. The number of thiazole rings is 1. The fraction of sp³-hybridized carbons (Fsp3) is 0.471. The van der Waals surface area contributed by atoms with Crippen LogP contribution in [0.2, 0.25) is 0 Å². The van der Waals surface area contributed by atoms with Gasteiger partial charge in [0.25, 0.3) is 0 Å². The van der Waals surface area contributed by atoms with Crippen LogP contribution in [0, 0.1) is 6.92 Å². The van der Waals surface area contributed by atoms with Crippen LogP contribution < -0.4 is 10.1 Å². The Morgan fingerprint density at radius 1 is 1.48 bits per heavy atom. The summed E-state index contributed by atoms with van der Waals surface area (Å²) in [6.45, 7) is 6.12. The lowest BCUT2D eigenvalue weighted by Crippen LogP contribution is -2.25. The number of benzene rings is 1. The largest absolute Gasteiger partial charge is 0.493 e. The van der Waals surface area contributed by atoms with E-state index in [1.54, 1.807) is 11.3 Å². The number of ether oxygens (including phenoxy) is 1. The van der Waals surface area contributed by atoms with Crippen molar-refractivity contribution in [1.29, 1.82) is 0 Å². The summed E-state index contributed by atoms with van der Waals surface area (Å²) in [4.78, 5) is 4.41. The van der Waals surface area contributed by atoms with Crippen molar-refractivity contribution in [1.82, 2.24) is 10.3 Å². The number of nitrogens with one attached hydrogen (secondary N) is 1. The zero-order chi connectivity index (χ0) is 14.7. The Morgan fingerprint density at radius 2 is 2.38 bits per heavy atom. The second kappa shape index (κ2) is 6.58. The molecule has 0 amide bonds. The van der Waals surface area contributed by atoms with E-state index in [1.807, 2.05) is 11.6 Å². The summed E-state index contributed by atoms with van der Waals surface area (Å²) in [7, 11) is 0. The predicted molar refractivity (Wildman–Crippen MR) is 87.2 cm³/mol. The van der Waals surface area contributed by atoms with Crippen LogP contribution in [-0.2, 0) is 0 Å². The predicted octanol–water partition coefficient (Wildman–Crippen LogP) is 4.06. The van der Waals surface area contributed by atoms with Crippen LogP contribution in [0.4, 0.5) is 0 Å². The van der Waals surface area contributed by atoms with Crippen molar-refractivity contribution in [3.05, 3.63) is 45.9 Å². The topological polar surface area (TPSA) is 34.1 Å². The van der Waals surface area contributed by atoms with Gasteiger partial charge in [-0.1, -0.05) is 25.1 Å². The van der Waals surface area contributed by atoms with Gasteiger partial charge < -0.3 is 10.1 Å². The molecule has 0 radical (unpaired) electrons. The van der Waals surface area contributed by atoms with Crippen LogP contribution in [0.25, 0.3) is 0 Å². The molecule has 0 saturated carbocycles. The Balaban J connectivity index is 1.72. The minimum absolute atomic E-state index is 0.379. The van der Waals surface area contributed by atoms with Crippen molar-refractivity contribution in [2.24, 2.45) is 0 Å². The van der Waals surface area contributed by atoms with Crippen LogP contribution in [-0.4, -0.2) is 18.1 Å². The highest BCUT2D eigenvalue weighted by Crippen LogP contribution is 2.34. The Morgan fingerprint density at radius 3 is 3.19 bits per heavy atom. The molecule has 1 aromatic heterocycles. The fourth-order valence-electron chi connectivity index (χ4n) is 2.86. The normalized spacial score (nSPS) is 19.4. The molecule has 1 N–H and O–H groups in total. The second-order valence-electron chi connectivity index (χ2n) is 5.72. The van der Waals surface area contributed by atoms with E-state index in [-0.39, 0.29) is 0 Å². The van der Waals surface area contributed by atoms with Crippen LogP contribution in [0.5, 0.6) is 5.75 Å². The van der Waals surface area contributed by atoms with Gasteiger partial charge in [0.2, 0.25) is 0 Å². The van der Waals surface area contributed by atoms with Gasteiger partial charge in [-0.05, 0) is 25.3 Å². The second-order valence-corrected chi connectivity index (χ2v) is 6.64. The van der Waals surface area contributed by atoms with Crippen molar-refractivity contribution in [3.8, 4) is 5.75 Å². The van der Waals surface area contributed by atoms with Gasteiger partial charge in [0.1, 0.15) is 5.75 Å². The Kier molecular flexibility index (Phi) is 4.56. The molecule has 2 aromatic rings. The van der Waals surface area contributed by atoms with Crippen LogP contribution in [0.1, 0.15) is 47.9 Å². The number of fused-ring (bicyclic) bond motifs is 1. The van der Waals surface area contributed by atoms with Gasteiger partial charge in [-0.3, -0.25) is 0 Å². The van der Waals surface area contributed by atoms with Gasteiger partial charge in [0.15, 0.2) is 0 Å². The summed E-state index contributed by atoms with van der Waals surface area (Å²) >= 11 is 1.73. The molecule has 0 fully saturated rings.